The zero-order chi connectivity index (χ0) is 14.8. The molecule has 21 heavy (non-hydrogen) atoms. The van der Waals surface area contributed by atoms with E-state index in [-0.39, 0.29) is 6.61 Å². The van der Waals surface area contributed by atoms with Gasteiger partial charge in [-0.1, -0.05) is 6.07 Å². The summed E-state index contributed by atoms with van der Waals surface area (Å²) in [6, 6.07) is 12.3. The number of aliphatic hydroxyl groups excluding tert-OH is 1. The molecule has 0 unspecified atom stereocenters. The normalized spacial score (nSPS) is 11.0. The Morgan fingerprint density at radius 3 is 2.62 bits per heavy atom. The van der Waals surface area contributed by atoms with Gasteiger partial charge in [0.15, 0.2) is 0 Å². The van der Waals surface area contributed by atoms with Crippen LogP contribution in [-0.4, -0.2) is 28.2 Å². The van der Waals surface area contributed by atoms with Crippen molar-refractivity contribution in [3.8, 4) is 11.4 Å². The van der Waals surface area contributed by atoms with Crippen LogP contribution in [0.1, 0.15) is 11.1 Å². The van der Waals surface area contributed by atoms with Gasteiger partial charge in [0.1, 0.15) is 5.82 Å². The molecular formula is C17H19N3O. The Balaban J connectivity index is 1.95. The van der Waals surface area contributed by atoms with Crippen LogP contribution >= 0.6 is 0 Å². The molecule has 3 N–H and O–H groups in total. The summed E-state index contributed by atoms with van der Waals surface area (Å²) in [5.41, 5.74) is 6.57. The molecular weight excluding hydrogens is 262 g/mol. The number of benzene rings is 2. The first kappa shape index (κ1) is 13.6. The molecule has 0 saturated heterocycles. The molecule has 0 spiro atoms. The summed E-state index contributed by atoms with van der Waals surface area (Å²) in [6.07, 6.45) is 0. The highest BCUT2D eigenvalue weighted by Crippen LogP contribution is 2.24. The molecule has 3 aromatic rings. The van der Waals surface area contributed by atoms with E-state index in [2.05, 4.69) is 36.3 Å². The van der Waals surface area contributed by atoms with Crippen LogP contribution in [0.25, 0.3) is 22.4 Å². The van der Waals surface area contributed by atoms with Crippen molar-refractivity contribution in [1.82, 2.24) is 9.97 Å². The van der Waals surface area contributed by atoms with Crippen molar-refractivity contribution < 1.29 is 5.11 Å². The average Bonchev–Trinajstić information content (AvgIpc) is 2.90. The number of fused-ring (bicyclic) bond motifs is 1. The predicted octanol–water partition coefficient (Wildman–Crippen LogP) is 3.25. The summed E-state index contributed by atoms with van der Waals surface area (Å²) < 4.78 is 0. The molecule has 0 aliphatic rings. The minimum Gasteiger partial charge on any atom is -0.395 e. The van der Waals surface area contributed by atoms with E-state index in [0.29, 0.717) is 6.54 Å². The third-order valence-corrected chi connectivity index (χ3v) is 3.52. The highest BCUT2D eigenvalue weighted by Gasteiger charge is 2.07. The quantitative estimate of drug-likeness (QED) is 0.688. The maximum Gasteiger partial charge on any atom is 0.138 e. The minimum absolute atomic E-state index is 0.129. The van der Waals surface area contributed by atoms with Gasteiger partial charge in [-0.25, -0.2) is 4.98 Å². The van der Waals surface area contributed by atoms with Gasteiger partial charge in [-0.05, 0) is 55.3 Å². The van der Waals surface area contributed by atoms with E-state index in [1.807, 2.05) is 24.3 Å². The summed E-state index contributed by atoms with van der Waals surface area (Å²) in [5.74, 6) is 0.882. The molecule has 0 atom stereocenters. The Bertz CT molecular complexity index is 760. The van der Waals surface area contributed by atoms with Crippen molar-refractivity contribution in [2.24, 2.45) is 0 Å². The molecule has 108 valence electrons. The Hall–Kier alpha value is -2.33. The van der Waals surface area contributed by atoms with Crippen molar-refractivity contribution in [2.75, 3.05) is 18.5 Å². The number of aromatic nitrogens is 2. The third kappa shape index (κ3) is 2.76. The van der Waals surface area contributed by atoms with E-state index < -0.39 is 0 Å². The van der Waals surface area contributed by atoms with E-state index in [1.54, 1.807) is 0 Å². The molecule has 0 saturated carbocycles. The van der Waals surface area contributed by atoms with Gasteiger partial charge >= 0.3 is 0 Å². The number of hydrogen-bond acceptors (Lipinski definition) is 3. The first-order valence-electron chi connectivity index (χ1n) is 7.09. The second kappa shape index (κ2) is 5.58. The van der Waals surface area contributed by atoms with E-state index in [0.717, 1.165) is 28.1 Å². The smallest absolute Gasteiger partial charge is 0.138 e. The second-order valence-corrected chi connectivity index (χ2v) is 5.29. The molecule has 0 fully saturated rings. The van der Waals surface area contributed by atoms with Crippen LogP contribution in [0, 0.1) is 13.8 Å². The molecule has 4 heteroatoms. The lowest BCUT2D eigenvalue weighted by Gasteiger charge is -2.04. The zero-order valence-corrected chi connectivity index (χ0v) is 12.3. The molecule has 0 aliphatic carbocycles. The van der Waals surface area contributed by atoms with Gasteiger partial charge in [0.25, 0.3) is 0 Å². The van der Waals surface area contributed by atoms with E-state index in [1.165, 1.54) is 11.1 Å². The molecule has 0 radical (unpaired) electrons. The van der Waals surface area contributed by atoms with Crippen LogP contribution in [0.5, 0.6) is 0 Å². The van der Waals surface area contributed by atoms with Crippen molar-refractivity contribution in [3.63, 3.8) is 0 Å². The Morgan fingerprint density at radius 1 is 1.14 bits per heavy atom. The van der Waals surface area contributed by atoms with E-state index >= 15 is 0 Å². The number of nitrogens with zero attached hydrogens (tertiary/aromatic N) is 1. The molecule has 0 amide bonds. The lowest BCUT2D eigenvalue weighted by atomic mass is 10.1. The van der Waals surface area contributed by atoms with E-state index in [4.69, 9.17) is 10.1 Å². The summed E-state index contributed by atoms with van der Waals surface area (Å²) in [4.78, 5) is 8.08. The predicted molar refractivity (Wildman–Crippen MR) is 86.6 cm³/mol. The van der Waals surface area contributed by atoms with Crippen molar-refractivity contribution in [1.29, 1.82) is 0 Å². The van der Waals surface area contributed by atoms with Gasteiger partial charge in [0, 0.05) is 17.8 Å². The third-order valence-electron chi connectivity index (χ3n) is 3.52. The van der Waals surface area contributed by atoms with Gasteiger partial charge in [-0.3, -0.25) is 0 Å². The topological polar surface area (TPSA) is 60.9 Å². The zero-order valence-electron chi connectivity index (χ0n) is 12.3. The minimum atomic E-state index is 0.129. The maximum absolute atomic E-state index is 8.81. The van der Waals surface area contributed by atoms with Crippen LogP contribution in [0.15, 0.2) is 36.4 Å². The Morgan fingerprint density at radius 2 is 1.90 bits per heavy atom. The van der Waals surface area contributed by atoms with Gasteiger partial charge in [-0.15, -0.1) is 0 Å². The van der Waals surface area contributed by atoms with Crippen molar-refractivity contribution >= 4 is 16.7 Å². The molecule has 1 aromatic heterocycles. The highest BCUT2D eigenvalue weighted by molar-refractivity contribution is 5.83. The van der Waals surface area contributed by atoms with Gasteiger partial charge in [0.2, 0.25) is 0 Å². The number of anilines is 1. The van der Waals surface area contributed by atoms with Gasteiger partial charge < -0.3 is 15.4 Å². The monoisotopic (exact) mass is 281 g/mol. The van der Waals surface area contributed by atoms with Gasteiger partial charge in [0.05, 0.1) is 17.6 Å². The fourth-order valence-electron chi connectivity index (χ4n) is 2.55. The fraction of sp³-hybridized carbons (Fsp3) is 0.235. The van der Waals surface area contributed by atoms with Crippen molar-refractivity contribution in [2.45, 2.75) is 13.8 Å². The van der Waals surface area contributed by atoms with Gasteiger partial charge in [-0.2, -0.15) is 0 Å². The number of H-pyrrole nitrogens is 1. The Kier molecular flexibility index (Phi) is 3.62. The number of hydrogen-bond donors (Lipinski definition) is 3. The second-order valence-electron chi connectivity index (χ2n) is 5.29. The number of rotatable bonds is 4. The summed E-state index contributed by atoms with van der Waals surface area (Å²) in [7, 11) is 0. The number of aromatic amines is 1. The summed E-state index contributed by atoms with van der Waals surface area (Å²) in [6.45, 7) is 4.86. The van der Waals surface area contributed by atoms with Crippen LogP contribution < -0.4 is 5.32 Å². The highest BCUT2D eigenvalue weighted by atomic mass is 16.3. The SMILES string of the molecule is Cc1cc(C)c2nc(-c3ccc(NCCO)cc3)[nH]c2c1. The summed E-state index contributed by atoms with van der Waals surface area (Å²) >= 11 is 0. The first-order chi connectivity index (χ1) is 10.2. The van der Waals surface area contributed by atoms with Crippen molar-refractivity contribution in [3.05, 3.63) is 47.5 Å². The van der Waals surface area contributed by atoms with Crippen LogP contribution in [0.3, 0.4) is 0 Å². The first-order valence-corrected chi connectivity index (χ1v) is 7.09. The lowest BCUT2D eigenvalue weighted by Crippen LogP contribution is -2.04. The maximum atomic E-state index is 8.81. The number of aryl methyl sites for hydroxylation is 2. The lowest BCUT2D eigenvalue weighted by molar-refractivity contribution is 0.311. The Labute approximate surface area is 123 Å². The van der Waals surface area contributed by atoms with Crippen LogP contribution in [0.2, 0.25) is 0 Å². The number of aliphatic hydroxyl groups is 1. The molecule has 0 aliphatic heterocycles. The fourth-order valence-corrected chi connectivity index (χ4v) is 2.55. The largest absolute Gasteiger partial charge is 0.395 e. The molecule has 1 heterocycles. The van der Waals surface area contributed by atoms with Crippen LogP contribution in [0.4, 0.5) is 5.69 Å². The standard InChI is InChI=1S/C17H19N3O/c1-11-9-12(2)16-15(10-11)19-17(20-16)13-3-5-14(6-4-13)18-7-8-21/h3-6,9-10,18,21H,7-8H2,1-2H3,(H,19,20). The molecule has 3 rings (SSSR count). The molecule has 0 bridgehead atoms. The summed E-state index contributed by atoms with van der Waals surface area (Å²) in [5, 5.41) is 11.9. The average molecular weight is 281 g/mol. The molecule has 4 nitrogen and oxygen atoms in total. The van der Waals surface area contributed by atoms with E-state index in [9.17, 15) is 0 Å². The molecule has 2 aromatic carbocycles. The number of nitrogens with one attached hydrogen (secondary N) is 2. The number of imidazole rings is 1. The van der Waals surface area contributed by atoms with Crippen LogP contribution in [-0.2, 0) is 0 Å².